The van der Waals surface area contributed by atoms with Crippen molar-refractivity contribution in [3.05, 3.63) is 24.0 Å². The van der Waals surface area contributed by atoms with E-state index in [2.05, 4.69) is 16.8 Å². The Morgan fingerprint density at radius 3 is 2.60 bits per heavy atom. The number of carbonyl (C=O) groups excluding carboxylic acids is 2. The lowest BCUT2D eigenvalue weighted by Gasteiger charge is -2.35. The maximum absolute atomic E-state index is 12.5. The van der Waals surface area contributed by atoms with Gasteiger partial charge in [-0.25, -0.2) is 4.79 Å². The van der Waals surface area contributed by atoms with Crippen molar-refractivity contribution in [3.63, 3.8) is 0 Å². The Labute approximate surface area is 149 Å². The molecular formula is C18H28N4O3. The number of hydrogen-bond acceptors (Lipinski definition) is 5. The Morgan fingerprint density at radius 2 is 1.96 bits per heavy atom. The maximum atomic E-state index is 12.5. The SMILES string of the molecule is CCCCN(C)C(=O)c1cc(N2CCN(C(=O)OCC)CC2)ccn1. The summed E-state index contributed by atoms with van der Waals surface area (Å²) in [6.07, 6.45) is 3.45. The molecule has 7 nitrogen and oxygen atoms in total. The molecule has 0 N–H and O–H groups in total. The van der Waals surface area contributed by atoms with Crippen molar-refractivity contribution in [3.8, 4) is 0 Å². The molecule has 1 aromatic heterocycles. The number of aromatic nitrogens is 1. The first-order valence-corrected chi connectivity index (χ1v) is 8.95. The molecule has 7 heteroatoms. The van der Waals surface area contributed by atoms with Gasteiger partial charge in [-0.05, 0) is 25.5 Å². The third kappa shape index (κ3) is 5.08. The number of anilines is 1. The predicted octanol–water partition coefficient (Wildman–Crippen LogP) is 2.23. The summed E-state index contributed by atoms with van der Waals surface area (Å²) in [5.41, 5.74) is 1.43. The van der Waals surface area contributed by atoms with Crippen LogP contribution in [-0.2, 0) is 4.74 Å². The average molecular weight is 348 g/mol. The van der Waals surface area contributed by atoms with Crippen molar-refractivity contribution in [2.24, 2.45) is 0 Å². The standard InChI is InChI=1S/C18H28N4O3/c1-4-6-9-20(3)17(23)16-14-15(7-8-19-16)21-10-12-22(13-11-21)18(24)25-5-2/h7-8,14H,4-6,9-13H2,1-3H3. The summed E-state index contributed by atoms with van der Waals surface area (Å²) in [6.45, 7) is 7.68. The Kier molecular flexibility index (Phi) is 7.03. The molecule has 25 heavy (non-hydrogen) atoms. The summed E-state index contributed by atoms with van der Waals surface area (Å²) in [7, 11) is 1.81. The van der Waals surface area contributed by atoms with E-state index in [0.29, 0.717) is 38.5 Å². The van der Waals surface area contributed by atoms with Crippen LogP contribution in [0.25, 0.3) is 0 Å². The minimum absolute atomic E-state index is 0.0551. The highest BCUT2D eigenvalue weighted by atomic mass is 16.6. The van der Waals surface area contributed by atoms with Gasteiger partial charge in [0, 0.05) is 51.7 Å². The lowest BCUT2D eigenvalue weighted by atomic mass is 10.2. The normalized spacial score (nSPS) is 14.4. The Hall–Kier alpha value is -2.31. The van der Waals surface area contributed by atoms with Gasteiger partial charge in [0.2, 0.25) is 0 Å². The van der Waals surface area contributed by atoms with Crippen LogP contribution in [0.3, 0.4) is 0 Å². The Bertz CT molecular complexity index is 585. The van der Waals surface area contributed by atoms with Crippen molar-refractivity contribution in [1.29, 1.82) is 0 Å². The summed E-state index contributed by atoms with van der Waals surface area (Å²) in [5, 5.41) is 0. The van der Waals surface area contributed by atoms with E-state index >= 15 is 0 Å². The number of unbranched alkanes of at least 4 members (excludes halogenated alkanes) is 1. The van der Waals surface area contributed by atoms with Gasteiger partial charge in [0.15, 0.2) is 0 Å². The van der Waals surface area contributed by atoms with Crippen molar-refractivity contribution in [1.82, 2.24) is 14.8 Å². The zero-order valence-corrected chi connectivity index (χ0v) is 15.4. The molecule has 1 aliphatic heterocycles. The van der Waals surface area contributed by atoms with Crippen molar-refractivity contribution in [2.75, 3.05) is 51.3 Å². The molecule has 0 aromatic carbocycles. The lowest BCUT2D eigenvalue weighted by molar-refractivity contribution is 0.0787. The fourth-order valence-electron chi connectivity index (χ4n) is 2.79. The Morgan fingerprint density at radius 1 is 1.24 bits per heavy atom. The molecule has 138 valence electrons. The van der Waals surface area contributed by atoms with Crippen LogP contribution < -0.4 is 4.90 Å². The van der Waals surface area contributed by atoms with Gasteiger partial charge in [-0.2, -0.15) is 0 Å². The molecule has 0 bridgehead atoms. The van der Waals surface area contributed by atoms with Gasteiger partial charge >= 0.3 is 6.09 Å². The van der Waals surface area contributed by atoms with Crippen LogP contribution in [0.4, 0.5) is 10.5 Å². The molecular weight excluding hydrogens is 320 g/mol. The van der Waals surface area contributed by atoms with E-state index in [4.69, 9.17) is 4.74 Å². The molecule has 0 unspecified atom stereocenters. The molecule has 1 saturated heterocycles. The predicted molar refractivity (Wildman–Crippen MR) is 96.9 cm³/mol. The zero-order valence-electron chi connectivity index (χ0n) is 15.4. The van der Waals surface area contributed by atoms with Crippen LogP contribution in [0.2, 0.25) is 0 Å². The van der Waals surface area contributed by atoms with E-state index in [1.807, 2.05) is 19.2 Å². The van der Waals surface area contributed by atoms with Gasteiger partial charge in [0.25, 0.3) is 5.91 Å². The number of rotatable bonds is 6. The van der Waals surface area contributed by atoms with E-state index in [9.17, 15) is 9.59 Å². The van der Waals surface area contributed by atoms with E-state index in [0.717, 1.165) is 25.1 Å². The van der Waals surface area contributed by atoms with Gasteiger partial charge in [-0.3, -0.25) is 9.78 Å². The molecule has 1 fully saturated rings. The number of carbonyl (C=O) groups is 2. The highest BCUT2D eigenvalue weighted by Crippen LogP contribution is 2.18. The molecule has 0 aliphatic carbocycles. The van der Waals surface area contributed by atoms with Crippen LogP contribution in [0.15, 0.2) is 18.3 Å². The van der Waals surface area contributed by atoms with Crippen LogP contribution in [0.1, 0.15) is 37.2 Å². The monoisotopic (exact) mass is 348 g/mol. The maximum Gasteiger partial charge on any atom is 0.409 e. The van der Waals surface area contributed by atoms with Crippen LogP contribution in [0.5, 0.6) is 0 Å². The number of amides is 2. The average Bonchev–Trinajstić information content (AvgIpc) is 2.66. The number of ether oxygens (including phenoxy) is 1. The molecule has 0 saturated carbocycles. The van der Waals surface area contributed by atoms with Gasteiger partial charge in [-0.1, -0.05) is 13.3 Å². The third-order valence-corrected chi connectivity index (χ3v) is 4.33. The smallest absolute Gasteiger partial charge is 0.409 e. The van der Waals surface area contributed by atoms with E-state index in [-0.39, 0.29) is 12.0 Å². The number of piperazine rings is 1. The molecule has 0 spiro atoms. The summed E-state index contributed by atoms with van der Waals surface area (Å²) in [4.78, 5) is 34.1. The van der Waals surface area contributed by atoms with Crippen molar-refractivity contribution < 1.29 is 14.3 Å². The first kappa shape index (κ1) is 19.0. The topological polar surface area (TPSA) is 66.0 Å². The fraction of sp³-hybridized carbons (Fsp3) is 0.611. The van der Waals surface area contributed by atoms with Gasteiger partial charge in [0.1, 0.15) is 5.69 Å². The largest absolute Gasteiger partial charge is 0.450 e. The molecule has 2 rings (SSSR count). The van der Waals surface area contributed by atoms with E-state index < -0.39 is 0 Å². The molecule has 1 aliphatic rings. The summed E-state index contributed by atoms with van der Waals surface area (Å²) >= 11 is 0. The second kappa shape index (κ2) is 9.25. The lowest BCUT2D eigenvalue weighted by Crippen LogP contribution is -2.49. The minimum Gasteiger partial charge on any atom is -0.450 e. The van der Waals surface area contributed by atoms with Gasteiger partial charge < -0.3 is 19.4 Å². The van der Waals surface area contributed by atoms with E-state index in [1.54, 1.807) is 22.9 Å². The summed E-state index contributed by atoms with van der Waals surface area (Å²) in [6, 6.07) is 3.74. The zero-order chi connectivity index (χ0) is 18.2. The molecule has 0 atom stereocenters. The second-order valence-corrected chi connectivity index (χ2v) is 6.15. The molecule has 0 radical (unpaired) electrons. The second-order valence-electron chi connectivity index (χ2n) is 6.15. The van der Waals surface area contributed by atoms with Crippen LogP contribution in [-0.4, -0.2) is 73.2 Å². The number of nitrogens with zero attached hydrogens (tertiary/aromatic N) is 4. The van der Waals surface area contributed by atoms with Crippen LogP contribution in [0, 0.1) is 0 Å². The highest BCUT2D eigenvalue weighted by Gasteiger charge is 2.23. The summed E-state index contributed by atoms with van der Waals surface area (Å²) < 4.78 is 5.04. The first-order valence-electron chi connectivity index (χ1n) is 8.95. The number of pyridine rings is 1. The fourth-order valence-corrected chi connectivity index (χ4v) is 2.79. The molecule has 2 heterocycles. The van der Waals surface area contributed by atoms with E-state index in [1.165, 1.54) is 0 Å². The van der Waals surface area contributed by atoms with Gasteiger partial charge in [-0.15, -0.1) is 0 Å². The Balaban J connectivity index is 1.98. The van der Waals surface area contributed by atoms with Crippen LogP contribution >= 0.6 is 0 Å². The minimum atomic E-state index is -0.259. The quantitative estimate of drug-likeness (QED) is 0.789. The highest BCUT2D eigenvalue weighted by molar-refractivity contribution is 5.93. The van der Waals surface area contributed by atoms with Gasteiger partial charge in [0.05, 0.1) is 6.61 Å². The molecule has 1 aromatic rings. The first-order chi connectivity index (χ1) is 12.1. The third-order valence-electron chi connectivity index (χ3n) is 4.33. The van der Waals surface area contributed by atoms with Crippen molar-refractivity contribution >= 4 is 17.7 Å². The molecule has 2 amide bonds. The number of hydrogen-bond donors (Lipinski definition) is 0. The van der Waals surface area contributed by atoms with Crippen molar-refractivity contribution in [2.45, 2.75) is 26.7 Å². The summed E-state index contributed by atoms with van der Waals surface area (Å²) in [5.74, 6) is -0.0551.